The fraction of sp³-hybridized carbons (Fsp3) is 0.533. The zero-order chi connectivity index (χ0) is 19.0. The number of halogens is 7. The lowest BCUT2D eigenvalue weighted by Crippen LogP contribution is -2.53. The molecule has 10 heteroatoms. The molecule has 0 saturated carbocycles. The third kappa shape index (κ3) is 3.74. The van der Waals surface area contributed by atoms with E-state index in [4.69, 9.17) is 0 Å². The van der Waals surface area contributed by atoms with Gasteiger partial charge < -0.3 is 10.0 Å². The van der Waals surface area contributed by atoms with Gasteiger partial charge in [0.1, 0.15) is 0 Å². The van der Waals surface area contributed by atoms with E-state index in [0.717, 1.165) is 31.4 Å². The van der Waals surface area contributed by atoms with Crippen molar-refractivity contribution < 1.29 is 36.2 Å². The fourth-order valence-electron chi connectivity index (χ4n) is 2.63. The van der Waals surface area contributed by atoms with Crippen LogP contribution in [0.15, 0.2) is 24.3 Å². The Balaban J connectivity index is 2.34. The SMILES string of the molecule is O=C(c1ccc(C(O)(C(F)(F)F)C(F)(F)F)cc1)N1CCCC[C@@H]1I. The summed E-state index contributed by atoms with van der Waals surface area (Å²) in [7, 11) is 0. The second-order valence-corrected chi connectivity index (χ2v) is 7.15. The van der Waals surface area contributed by atoms with Crippen molar-refractivity contribution in [1.82, 2.24) is 4.90 Å². The smallest absolute Gasteiger partial charge is 0.369 e. The minimum atomic E-state index is -5.95. The van der Waals surface area contributed by atoms with Crippen molar-refractivity contribution in [3.8, 4) is 0 Å². The van der Waals surface area contributed by atoms with Gasteiger partial charge in [-0.1, -0.05) is 34.7 Å². The normalized spacial score (nSPS) is 19.8. The van der Waals surface area contributed by atoms with Crippen LogP contribution in [0.5, 0.6) is 0 Å². The lowest BCUT2D eigenvalue weighted by molar-refractivity contribution is -0.376. The zero-order valence-electron chi connectivity index (χ0n) is 12.7. The summed E-state index contributed by atoms with van der Waals surface area (Å²) in [6.45, 7) is 0.475. The van der Waals surface area contributed by atoms with Crippen LogP contribution in [0, 0.1) is 0 Å². The molecule has 25 heavy (non-hydrogen) atoms. The van der Waals surface area contributed by atoms with Gasteiger partial charge in [0.15, 0.2) is 0 Å². The van der Waals surface area contributed by atoms with E-state index >= 15 is 0 Å². The Hall–Kier alpha value is -1.04. The van der Waals surface area contributed by atoms with E-state index in [0.29, 0.717) is 18.7 Å². The number of hydrogen-bond acceptors (Lipinski definition) is 2. The lowest BCUT2D eigenvalue weighted by Gasteiger charge is -2.33. The number of alkyl halides is 7. The largest absolute Gasteiger partial charge is 0.430 e. The maximum absolute atomic E-state index is 12.8. The molecule has 1 fully saturated rings. The zero-order valence-corrected chi connectivity index (χ0v) is 14.8. The third-order valence-electron chi connectivity index (χ3n) is 4.06. The molecule has 2 rings (SSSR count). The summed E-state index contributed by atoms with van der Waals surface area (Å²) in [5.74, 6) is -0.465. The van der Waals surface area contributed by atoms with E-state index in [1.807, 2.05) is 0 Å². The summed E-state index contributed by atoms with van der Waals surface area (Å²) in [6, 6.07) is 2.72. The number of rotatable bonds is 2. The number of likely N-dealkylation sites (tertiary alicyclic amines) is 1. The number of carbonyl (C=O) groups is 1. The first kappa shape index (κ1) is 20.3. The molecule has 3 nitrogen and oxygen atoms in total. The molecule has 1 aromatic carbocycles. The molecule has 1 aromatic rings. The number of aliphatic hydroxyl groups is 1. The quantitative estimate of drug-likeness (QED) is 0.295. The van der Waals surface area contributed by atoms with Gasteiger partial charge in [0, 0.05) is 17.7 Å². The number of carbonyl (C=O) groups excluding carboxylic acids is 1. The van der Waals surface area contributed by atoms with Crippen molar-refractivity contribution in [1.29, 1.82) is 0 Å². The Bertz CT molecular complexity index is 614. The first-order chi connectivity index (χ1) is 11.4. The third-order valence-corrected chi connectivity index (χ3v) is 5.36. The Morgan fingerprint density at radius 3 is 2.00 bits per heavy atom. The van der Waals surface area contributed by atoms with Crippen LogP contribution in [0.3, 0.4) is 0 Å². The summed E-state index contributed by atoms with van der Waals surface area (Å²) in [5.41, 5.74) is -6.40. The Labute approximate surface area is 153 Å². The Kier molecular flexibility index (Phi) is 5.62. The van der Waals surface area contributed by atoms with Crippen LogP contribution in [0.2, 0.25) is 0 Å². The highest BCUT2D eigenvalue weighted by Gasteiger charge is 2.71. The van der Waals surface area contributed by atoms with E-state index in [9.17, 15) is 36.2 Å². The molecule has 1 atom stereocenters. The van der Waals surface area contributed by atoms with Crippen LogP contribution in [-0.2, 0) is 5.60 Å². The Morgan fingerprint density at radius 1 is 1.04 bits per heavy atom. The van der Waals surface area contributed by atoms with Gasteiger partial charge in [0.05, 0.1) is 4.05 Å². The monoisotopic (exact) mass is 481 g/mol. The molecule has 1 aliphatic heterocycles. The summed E-state index contributed by atoms with van der Waals surface area (Å²) < 4.78 is 77.0. The number of benzene rings is 1. The molecule has 1 amide bonds. The van der Waals surface area contributed by atoms with Gasteiger partial charge in [-0.3, -0.25) is 4.79 Å². The summed E-state index contributed by atoms with van der Waals surface area (Å²) in [4.78, 5) is 13.9. The Morgan fingerprint density at radius 2 is 1.56 bits per heavy atom. The standard InChI is InChI=1S/C15H14F6INO2/c16-14(17,18)13(25,15(19,20)21)10-6-4-9(5-7-10)12(24)23-8-2-1-3-11(23)22/h4-7,11,25H,1-3,8H2/t11-/m1/s1. The van der Waals surface area contributed by atoms with Crippen LogP contribution in [-0.4, -0.2) is 38.9 Å². The molecule has 0 radical (unpaired) electrons. The number of hydrogen-bond donors (Lipinski definition) is 1. The van der Waals surface area contributed by atoms with Crippen LogP contribution in [0.25, 0.3) is 0 Å². The van der Waals surface area contributed by atoms with Crippen molar-refractivity contribution >= 4 is 28.5 Å². The maximum atomic E-state index is 12.8. The molecule has 1 saturated heterocycles. The van der Waals surface area contributed by atoms with E-state index in [1.165, 1.54) is 4.90 Å². The summed E-state index contributed by atoms with van der Waals surface area (Å²) >= 11 is 2.07. The first-order valence-corrected chi connectivity index (χ1v) is 8.55. The van der Waals surface area contributed by atoms with Crippen LogP contribution >= 0.6 is 22.6 Å². The maximum Gasteiger partial charge on any atom is 0.430 e. The van der Waals surface area contributed by atoms with E-state index < -0.39 is 29.4 Å². The second kappa shape index (κ2) is 6.93. The highest BCUT2D eigenvalue weighted by molar-refractivity contribution is 14.1. The minimum Gasteiger partial charge on any atom is -0.369 e. The van der Waals surface area contributed by atoms with Gasteiger partial charge in [0.2, 0.25) is 0 Å². The van der Waals surface area contributed by atoms with Crippen molar-refractivity contribution in [3.05, 3.63) is 35.4 Å². The number of amides is 1. The molecule has 0 spiro atoms. The highest BCUT2D eigenvalue weighted by Crippen LogP contribution is 2.49. The van der Waals surface area contributed by atoms with E-state index in [2.05, 4.69) is 22.6 Å². The predicted molar refractivity (Wildman–Crippen MR) is 85.1 cm³/mol. The second-order valence-electron chi connectivity index (χ2n) is 5.71. The van der Waals surface area contributed by atoms with Crippen molar-refractivity contribution in [3.63, 3.8) is 0 Å². The summed E-state index contributed by atoms with van der Waals surface area (Å²) in [6.07, 6.45) is -9.40. The van der Waals surface area contributed by atoms with E-state index in [1.54, 1.807) is 0 Å². The molecule has 140 valence electrons. The fourth-order valence-corrected chi connectivity index (χ4v) is 3.60. The molecule has 0 bridgehead atoms. The highest BCUT2D eigenvalue weighted by atomic mass is 127. The van der Waals surface area contributed by atoms with Gasteiger partial charge in [-0.15, -0.1) is 0 Å². The van der Waals surface area contributed by atoms with Crippen LogP contribution in [0.1, 0.15) is 35.2 Å². The van der Waals surface area contributed by atoms with Gasteiger partial charge in [-0.2, -0.15) is 26.3 Å². The molecule has 0 unspecified atom stereocenters. The van der Waals surface area contributed by atoms with Gasteiger partial charge in [-0.05, 0) is 31.4 Å². The first-order valence-electron chi connectivity index (χ1n) is 7.31. The van der Waals surface area contributed by atoms with Gasteiger partial charge >= 0.3 is 12.4 Å². The van der Waals surface area contributed by atoms with E-state index in [-0.39, 0.29) is 9.61 Å². The molecule has 1 N–H and O–H groups in total. The van der Waals surface area contributed by atoms with Gasteiger partial charge in [-0.25, -0.2) is 0 Å². The molecular weight excluding hydrogens is 467 g/mol. The topological polar surface area (TPSA) is 40.5 Å². The molecule has 0 aromatic heterocycles. The van der Waals surface area contributed by atoms with Crippen LogP contribution < -0.4 is 0 Å². The molecule has 1 aliphatic rings. The van der Waals surface area contributed by atoms with Crippen molar-refractivity contribution in [2.75, 3.05) is 6.54 Å². The van der Waals surface area contributed by atoms with Crippen LogP contribution in [0.4, 0.5) is 26.3 Å². The number of nitrogens with zero attached hydrogens (tertiary/aromatic N) is 1. The van der Waals surface area contributed by atoms with Gasteiger partial charge in [0.25, 0.3) is 11.5 Å². The average Bonchev–Trinajstić information content (AvgIpc) is 2.52. The molecular formula is C15H14F6INO2. The molecule has 1 heterocycles. The lowest BCUT2D eigenvalue weighted by atomic mass is 9.91. The van der Waals surface area contributed by atoms with Crippen molar-refractivity contribution in [2.24, 2.45) is 0 Å². The predicted octanol–water partition coefficient (Wildman–Crippen LogP) is 4.39. The number of piperidine rings is 1. The average molecular weight is 481 g/mol. The molecule has 0 aliphatic carbocycles. The van der Waals surface area contributed by atoms with Crippen molar-refractivity contribution in [2.45, 2.75) is 41.3 Å². The summed E-state index contributed by atoms with van der Waals surface area (Å²) in [5, 5.41) is 9.33. The minimum absolute atomic E-state index is 0.0287.